The zero-order valence-electron chi connectivity index (χ0n) is 14.7. The monoisotopic (exact) mass is 405 g/mol. The molecule has 1 unspecified atom stereocenters. The molecule has 0 aliphatic rings. The van der Waals surface area contributed by atoms with Crippen LogP contribution in [0.1, 0.15) is 37.4 Å². The third-order valence-corrected chi connectivity index (χ3v) is 4.55. The van der Waals surface area contributed by atoms with Crippen LogP contribution < -0.4 is 10.1 Å². The number of carboxylic acids is 1. The predicted octanol–water partition coefficient (Wildman–Crippen LogP) is 4.64. The molecule has 2 atom stereocenters. The fourth-order valence-corrected chi connectivity index (χ4v) is 3.01. The molecule has 134 valence electrons. The minimum atomic E-state index is -0.829. The summed E-state index contributed by atoms with van der Waals surface area (Å²) in [4.78, 5) is 11.7. The molecule has 0 heterocycles. The first kappa shape index (κ1) is 19.5. The van der Waals surface area contributed by atoms with Crippen molar-refractivity contribution in [1.29, 1.82) is 0 Å². The summed E-state index contributed by atoms with van der Waals surface area (Å²) in [5.74, 6) is 0.231. The lowest BCUT2D eigenvalue weighted by atomic mass is 9.95. The third kappa shape index (κ3) is 5.58. The van der Waals surface area contributed by atoms with Crippen LogP contribution in [0.15, 0.2) is 53.0 Å². The first-order chi connectivity index (χ1) is 11.9. The second-order valence-electron chi connectivity index (χ2n) is 6.44. The zero-order valence-corrected chi connectivity index (χ0v) is 16.3. The molecule has 0 aliphatic carbocycles. The topological polar surface area (TPSA) is 58.6 Å². The molecule has 0 amide bonds. The molecule has 25 heavy (non-hydrogen) atoms. The molecule has 2 rings (SSSR count). The van der Waals surface area contributed by atoms with E-state index in [1.165, 1.54) is 0 Å². The van der Waals surface area contributed by atoms with E-state index in [-0.39, 0.29) is 12.0 Å². The number of ether oxygens (including phenoxy) is 1. The van der Waals surface area contributed by atoms with Crippen molar-refractivity contribution >= 4 is 21.9 Å². The van der Waals surface area contributed by atoms with Gasteiger partial charge in [0.15, 0.2) is 0 Å². The van der Waals surface area contributed by atoms with Crippen molar-refractivity contribution in [2.24, 2.45) is 5.92 Å². The maximum atomic E-state index is 11.7. The Kier molecular flexibility index (Phi) is 7.02. The number of halogens is 1. The van der Waals surface area contributed by atoms with Crippen molar-refractivity contribution in [3.63, 3.8) is 0 Å². The number of aliphatic carboxylic acids is 1. The quantitative estimate of drug-likeness (QED) is 0.671. The molecule has 0 aliphatic heterocycles. The van der Waals surface area contributed by atoms with Gasteiger partial charge in [-0.1, -0.05) is 54.0 Å². The highest BCUT2D eigenvalue weighted by atomic mass is 79.9. The average Bonchev–Trinajstić information content (AvgIpc) is 2.59. The largest absolute Gasteiger partial charge is 0.497 e. The van der Waals surface area contributed by atoms with Crippen LogP contribution in [0, 0.1) is 5.92 Å². The Hall–Kier alpha value is -1.85. The van der Waals surface area contributed by atoms with Gasteiger partial charge in [-0.05, 0) is 47.7 Å². The highest BCUT2D eigenvalue weighted by molar-refractivity contribution is 9.10. The number of hydrogen-bond donors (Lipinski definition) is 2. The number of methoxy groups -OCH3 is 1. The van der Waals surface area contributed by atoms with Crippen LogP contribution >= 0.6 is 15.9 Å². The van der Waals surface area contributed by atoms with Crippen LogP contribution in [0.5, 0.6) is 5.75 Å². The summed E-state index contributed by atoms with van der Waals surface area (Å²) in [5, 5.41) is 12.9. The van der Waals surface area contributed by atoms with Crippen LogP contribution in [0.4, 0.5) is 0 Å². The second-order valence-corrected chi connectivity index (χ2v) is 7.36. The van der Waals surface area contributed by atoms with Crippen LogP contribution in [0.3, 0.4) is 0 Å². The zero-order chi connectivity index (χ0) is 18.4. The number of carboxylic acid groups (broad SMARTS) is 1. The Morgan fingerprint density at radius 1 is 1.08 bits per heavy atom. The third-order valence-electron chi connectivity index (χ3n) is 4.03. The Morgan fingerprint density at radius 2 is 1.60 bits per heavy atom. The highest BCUT2D eigenvalue weighted by Gasteiger charge is 2.24. The van der Waals surface area contributed by atoms with Crippen molar-refractivity contribution in [3.8, 4) is 5.75 Å². The molecule has 0 saturated heterocycles. The Balaban J connectivity index is 2.36. The minimum absolute atomic E-state index is 0.209. The van der Waals surface area contributed by atoms with E-state index in [4.69, 9.17) is 4.74 Å². The molecule has 2 N–H and O–H groups in total. The molecule has 0 radical (unpaired) electrons. The van der Waals surface area contributed by atoms with E-state index in [0.29, 0.717) is 6.42 Å². The van der Waals surface area contributed by atoms with E-state index >= 15 is 0 Å². The normalized spacial score (nSPS) is 13.5. The number of carbonyl (C=O) groups is 1. The number of benzene rings is 2. The lowest BCUT2D eigenvalue weighted by Gasteiger charge is -2.25. The van der Waals surface area contributed by atoms with E-state index in [1.54, 1.807) is 7.11 Å². The van der Waals surface area contributed by atoms with Gasteiger partial charge in [0.05, 0.1) is 13.2 Å². The van der Waals surface area contributed by atoms with Gasteiger partial charge in [0.1, 0.15) is 11.8 Å². The van der Waals surface area contributed by atoms with Gasteiger partial charge in [0, 0.05) is 4.47 Å². The summed E-state index contributed by atoms with van der Waals surface area (Å²) in [5.41, 5.74) is 2.02. The highest BCUT2D eigenvalue weighted by Crippen LogP contribution is 2.27. The summed E-state index contributed by atoms with van der Waals surface area (Å²) in [7, 11) is 1.63. The lowest BCUT2D eigenvalue weighted by Crippen LogP contribution is -2.40. The molecule has 4 nitrogen and oxygen atoms in total. The van der Waals surface area contributed by atoms with E-state index in [2.05, 4.69) is 21.2 Å². The number of nitrogens with one attached hydrogen (secondary N) is 1. The first-order valence-corrected chi connectivity index (χ1v) is 9.08. The van der Waals surface area contributed by atoms with Gasteiger partial charge in [-0.3, -0.25) is 10.1 Å². The van der Waals surface area contributed by atoms with Crippen molar-refractivity contribution < 1.29 is 14.6 Å². The molecule has 0 aromatic heterocycles. The van der Waals surface area contributed by atoms with E-state index < -0.39 is 12.0 Å². The SMILES string of the molecule is COc1ccc(C(N[C@@H](CC(C)C)C(=O)O)c2ccc(Br)cc2)cc1. The van der Waals surface area contributed by atoms with Crippen molar-refractivity contribution in [2.45, 2.75) is 32.4 Å². The van der Waals surface area contributed by atoms with E-state index in [1.807, 2.05) is 62.4 Å². The van der Waals surface area contributed by atoms with Crippen LogP contribution in [0.2, 0.25) is 0 Å². The van der Waals surface area contributed by atoms with Gasteiger partial charge < -0.3 is 9.84 Å². The molecule has 0 saturated carbocycles. The van der Waals surface area contributed by atoms with Crippen molar-refractivity contribution in [2.75, 3.05) is 7.11 Å². The maximum Gasteiger partial charge on any atom is 0.320 e. The van der Waals surface area contributed by atoms with Gasteiger partial charge in [-0.2, -0.15) is 0 Å². The molecule has 2 aromatic rings. The van der Waals surface area contributed by atoms with Gasteiger partial charge in [-0.25, -0.2) is 0 Å². The van der Waals surface area contributed by atoms with Crippen molar-refractivity contribution in [3.05, 3.63) is 64.1 Å². The molecule has 0 bridgehead atoms. The lowest BCUT2D eigenvalue weighted by molar-refractivity contribution is -0.140. The Labute approximate surface area is 157 Å². The Bertz CT molecular complexity index is 683. The standard InChI is InChI=1S/C20H24BrNO3/c1-13(2)12-18(20(23)24)22-19(14-4-8-16(21)9-5-14)15-6-10-17(25-3)11-7-15/h4-11,13,18-19,22H,12H2,1-3H3,(H,23,24)/t18-,19?/m0/s1. The van der Waals surface area contributed by atoms with Crippen LogP contribution in [-0.2, 0) is 4.79 Å². The summed E-state index contributed by atoms with van der Waals surface area (Å²) in [6.45, 7) is 4.05. The number of rotatable bonds is 8. The van der Waals surface area contributed by atoms with Gasteiger partial charge in [0.25, 0.3) is 0 Å². The molecule has 0 spiro atoms. The first-order valence-electron chi connectivity index (χ1n) is 8.29. The molecular formula is C20H24BrNO3. The molecular weight excluding hydrogens is 382 g/mol. The average molecular weight is 406 g/mol. The van der Waals surface area contributed by atoms with Crippen LogP contribution in [0.25, 0.3) is 0 Å². The van der Waals surface area contributed by atoms with E-state index in [9.17, 15) is 9.90 Å². The van der Waals surface area contributed by atoms with Crippen molar-refractivity contribution in [1.82, 2.24) is 5.32 Å². The molecule has 5 heteroatoms. The fourth-order valence-electron chi connectivity index (χ4n) is 2.75. The summed E-state index contributed by atoms with van der Waals surface area (Å²) in [6.07, 6.45) is 0.568. The number of hydrogen-bond acceptors (Lipinski definition) is 3. The van der Waals surface area contributed by atoms with E-state index in [0.717, 1.165) is 21.3 Å². The minimum Gasteiger partial charge on any atom is -0.497 e. The molecule has 0 fully saturated rings. The summed E-state index contributed by atoms with van der Waals surface area (Å²) < 4.78 is 6.21. The molecule has 2 aromatic carbocycles. The maximum absolute atomic E-state index is 11.7. The smallest absolute Gasteiger partial charge is 0.320 e. The summed E-state index contributed by atoms with van der Waals surface area (Å²) >= 11 is 3.45. The van der Waals surface area contributed by atoms with Gasteiger partial charge in [-0.15, -0.1) is 0 Å². The van der Waals surface area contributed by atoms with Gasteiger partial charge in [0.2, 0.25) is 0 Å². The fraction of sp³-hybridized carbons (Fsp3) is 0.350. The van der Waals surface area contributed by atoms with Gasteiger partial charge >= 0.3 is 5.97 Å². The Morgan fingerprint density at radius 3 is 2.04 bits per heavy atom. The predicted molar refractivity (Wildman–Crippen MR) is 103 cm³/mol. The second kappa shape index (κ2) is 9.02. The van der Waals surface area contributed by atoms with Crippen LogP contribution in [-0.4, -0.2) is 24.2 Å². The summed E-state index contributed by atoms with van der Waals surface area (Å²) in [6, 6.07) is 14.8.